The van der Waals surface area contributed by atoms with Gasteiger partial charge in [0.1, 0.15) is 11.5 Å². The fraction of sp³-hybridized carbons (Fsp3) is 0.240. The minimum absolute atomic E-state index is 0.0426. The van der Waals surface area contributed by atoms with Crippen molar-refractivity contribution in [3.63, 3.8) is 0 Å². The number of nitrogens with zero attached hydrogens (tertiary/aromatic N) is 4. The van der Waals surface area contributed by atoms with Gasteiger partial charge in [-0.1, -0.05) is 18.2 Å². The summed E-state index contributed by atoms with van der Waals surface area (Å²) in [6, 6.07) is 13.7. The largest absolute Gasteiger partial charge is 0.497 e. The number of carbonyl (C=O) groups excluding carboxylic acids is 1. The molecule has 0 aliphatic heterocycles. The van der Waals surface area contributed by atoms with Crippen LogP contribution >= 0.6 is 0 Å². The average molecular weight is 499 g/mol. The lowest BCUT2D eigenvalue weighted by Gasteiger charge is -2.10. The van der Waals surface area contributed by atoms with Gasteiger partial charge >= 0.3 is 6.18 Å². The third-order valence-corrected chi connectivity index (χ3v) is 5.48. The van der Waals surface area contributed by atoms with E-state index < -0.39 is 17.6 Å². The first-order valence-electron chi connectivity index (χ1n) is 11.0. The SMILES string of the molecule is COc1cccc(Cn2nc(C)c(NC(=O)c3ccn(COc4cccc(C(F)(F)F)c4)n3)c2C)c1. The monoisotopic (exact) mass is 499 g/mol. The van der Waals surface area contributed by atoms with E-state index in [0.717, 1.165) is 29.1 Å². The average Bonchev–Trinajstić information content (AvgIpc) is 3.43. The fourth-order valence-corrected chi connectivity index (χ4v) is 3.61. The quantitative estimate of drug-likeness (QED) is 0.366. The molecule has 0 bridgehead atoms. The number of anilines is 1. The molecule has 2 heterocycles. The number of methoxy groups -OCH3 is 1. The Morgan fingerprint density at radius 3 is 2.53 bits per heavy atom. The van der Waals surface area contributed by atoms with Crippen LogP contribution in [-0.4, -0.2) is 32.6 Å². The van der Waals surface area contributed by atoms with E-state index in [1.54, 1.807) is 18.7 Å². The normalized spacial score (nSPS) is 11.4. The molecule has 2 aromatic carbocycles. The van der Waals surface area contributed by atoms with Crippen molar-refractivity contribution in [1.82, 2.24) is 19.6 Å². The smallest absolute Gasteiger partial charge is 0.416 e. The molecule has 1 amide bonds. The molecule has 0 spiro atoms. The molecule has 1 N–H and O–H groups in total. The summed E-state index contributed by atoms with van der Waals surface area (Å²) in [6.45, 7) is 4.00. The van der Waals surface area contributed by atoms with Crippen LogP contribution in [0.2, 0.25) is 0 Å². The predicted molar refractivity (Wildman–Crippen MR) is 126 cm³/mol. The highest BCUT2D eigenvalue weighted by Gasteiger charge is 2.30. The molecular weight excluding hydrogens is 475 g/mol. The number of nitrogens with one attached hydrogen (secondary N) is 1. The molecular formula is C25H24F3N5O3. The summed E-state index contributed by atoms with van der Waals surface area (Å²) in [5.41, 5.74) is 2.32. The van der Waals surface area contributed by atoms with Gasteiger partial charge in [-0.2, -0.15) is 23.4 Å². The summed E-state index contributed by atoms with van der Waals surface area (Å²) in [4.78, 5) is 12.8. The Kier molecular flexibility index (Phi) is 7.00. The van der Waals surface area contributed by atoms with Crippen LogP contribution < -0.4 is 14.8 Å². The van der Waals surface area contributed by atoms with Crippen molar-refractivity contribution >= 4 is 11.6 Å². The maximum absolute atomic E-state index is 12.9. The zero-order chi connectivity index (χ0) is 25.9. The van der Waals surface area contributed by atoms with Crippen LogP contribution in [0.25, 0.3) is 0 Å². The molecule has 4 aromatic rings. The molecule has 0 saturated carbocycles. The zero-order valence-corrected chi connectivity index (χ0v) is 19.8. The van der Waals surface area contributed by atoms with Crippen LogP contribution in [0.15, 0.2) is 60.8 Å². The maximum Gasteiger partial charge on any atom is 0.416 e. The zero-order valence-electron chi connectivity index (χ0n) is 19.8. The lowest BCUT2D eigenvalue weighted by Crippen LogP contribution is -2.15. The lowest BCUT2D eigenvalue weighted by atomic mass is 10.2. The van der Waals surface area contributed by atoms with Crippen LogP contribution in [0.4, 0.5) is 18.9 Å². The van der Waals surface area contributed by atoms with E-state index in [9.17, 15) is 18.0 Å². The molecule has 0 saturated heterocycles. The summed E-state index contributed by atoms with van der Waals surface area (Å²) in [7, 11) is 1.61. The summed E-state index contributed by atoms with van der Waals surface area (Å²) in [5.74, 6) is 0.344. The van der Waals surface area contributed by atoms with Crippen molar-refractivity contribution in [1.29, 1.82) is 0 Å². The minimum atomic E-state index is -4.46. The number of amides is 1. The van der Waals surface area contributed by atoms with E-state index in [2.05, 4.69) is 15.5 Å². The summed E-state index contributed by atoms with van der Waals surface area (Å²) in [6.07, 6.45) is -2.96. The second-order valence-electron chi connectivity index (χ2n) is 8.05. The highest BCUT2D eigenvalue weighted by Crippen LogP contribution is 2.31. The van der Waals surface area contributed by atoms with E-state index in [1.807, 2.05) is 31.2 Å². The van der Waals surface area contributed by atoms with Gasteiger partial charge in [0, 0.05) is 6.20 Å². The third kappa shape index (κ3) is 5.68. The molecule has 0 radical (unpaired) electrons. The summed E-state index contributed by atoms with van der Waals surface area (Å²) in [5, 5.41) is 11.5. The molecule has 36 heavy (non-hydrogen) atoms. The summed E-state index contributed by atoms with van der Waals surface area (Å²) < 4.78 is 52.4. The Balaban J connectivity index is 1.41. The van der Waals surface area contributed by atoms with Crippen molar-refractivity contribution in [2.75, 3.05) is 12.4 Å². The van der Waals surface area contributed by atoms with E-state index in [-0.39, 0.29) is 18.2 Å². The minimum Gasteiger partial charge on any atom is -0.497 e. The number of ether oxygens (including phenoxy) is 2. The maximum atomic E-state index is 12.9. The molecule has 0 unspecified atom stereocenters. The first-order valence-corrected chi connectivity index (χ1v) is 11.0. The Hall–Kier alpha value is -4.28. The van der Waals surface area contributed by atoms with Crippen LogP contribution in [-0.2, 0) is 19.5 Å². The fourth-order valence-electron chi connectivity index (χ4n) is 3.61. The standard InChI is InChI=1S/C25H24F3N5O3/c1-16-23(17(2)33(30-16)14-18-6-4-8-20(12-18)35-3)29-24(34)22-10-11-32(31-22)15-36-21-9-5-7-19(13-21)25(26,27)28/h4-13H,14-15H2,1-3H3,(H,29,34). The van der Waals surface area contributed by atoms with E-state index in [4.69, 9.17) is 9.47 Å². The third-order valence-electron chi connectivity index (χ3n) is 5.48. The predicted octanol–water partition coefficient (Wildman–Crippen LogP) is 5.06. The molecule has 0 fully saturated rings. The molecule has 0 atom stereocenters. The van der Waals surface area contributed by atoms with E-state index in [1.165, 1.54) is 29.1 Å². The Morgan fingerprint density at radius 2 is 1.78 bits per heavy atom. The van der Waals surface area contributed by atoms with Crippen LogP contribution in [0.5, 0.6) is 11.5 Å². The van der Waals surface area contributed by atoms with Gasteiger partial charge in [0.2, 0.25) is 0 Å². The number of aryl methyl sites for hydroxylation is 1. The lowest BCUT2D eigenvalue weighted by molar-refractivity contribution is -0.137. The Labute approximate surface area is 205 Å². The van der Waals surface area contributed by atoms with Gasteiger partial charge in [0.05, 0.1) is 36.3 Å². The number of rotatable bonds is 8. The molecule has 0 aliphatic rings. The highest BCUT2D eigenvalue weighted by molar-refractivity contribution is 6.03. The molecule has 8 nitrogen and oxygen atoms in total. The van der Waals surface area contributed by atoms with Crippen molar-refractivity contribution in [3.8, 4) is 11.5 Å². The van der Waals surface area contributed by atoms with Gasteiger partial charge < -0.3 is 14.8 Å². The summed E-state index contributed by atoms with van der Waals surface area (Å²) >= 11 is 0. The van der Waals surface area contributed by atoms with Gasteiger partial charge in [-0.3, -0.25) is 9.48 Å². The van der Waals surface area contributed by atoms with Gasteiger partial charge in [0.25, 0.3) is 5.91 Å². The van der Waals surface area contributed by atoms with Gasteiger partial charge in [-0.25, -0.2) is 4.68 Å². The van der Waals surface area contributed by atoms with Crippen LogP contribution in [0.1, 0.15) is 33.0 Å². The number of carbonyl (C=O) groups is 1. The molecule has 2 aromatic heterocycles. The number of aromatic nitrogens is 4. The Morgan fingerprint density at radius 1 is 1.03 bits per heavy atom. The second-order valence-corrected chi connectivity index (χ2v) is 8.05. The van der Waals surface area contributed by atoms with Gasteiger partial charge in [-0.15, -0.1) is 0 Å². The molecule has 188 valence electrons. The van der Waals surface area contributed by atoms with E-state index >= 15 is 0 Å². The number of hydrogen-bond donors (Lipinski definition) is 1. The number of hydrogen-bond acceptors (Lipinski definition) is 5. The second kappa shape index (κ2) is 10.1. The first kappa shape index (κ1) is 24.8. The van der Waals surface area contributed by atoms with Gasteiger partial charge in [-0.05, 0) is 55.8 Å². The van der Waals surface area contributed by atoms with Crippen molar-refractivity contribution in [2.24, 2.45) is 0 Å². The first-order chi connectivity index (χ1) is 17.1. The van der Waals surface area contributed by atoms with Crippen molar-refractivity contribution < 1.29 is 27.4 Å². The Bertz CT molecular complexity index is 1380. The van der Waals surface area contributed by atoms with Gasteiger partial charge in [0.15, 0.2) is 12.4 Å². The number of halogens is 3. The van der Waals surface area contributed by atoms with Crippen molar-refractivity contribution in [2.45, 2.75) is 33.3 Å². The molecule has 0 aliphatic carbocycles. The van der Waals surface area contributed by atoms with Crippen LogP contribution in [0, 0.1) is 13.8 Å². The number of benzene rings is 2. The van der Waals surface area contributed by atoms with E-state index in [0.29, 0.717) is 17.9 Å². The van der Waals surface area contributed by atoms with Crippen molar-refractivity contribution in [3.05, 3.63) is 89.0 Å². The highest BCUT2D eigenvalue weighted by atomic mass is 19.4. The topological polar surface area (TPSA) is 83.2 Å². The number of alkyl halides is 3. The van der Waals surface area contributed by atoms with Crippen LogP contribution in [0.3, 0.4) is 0 Å². The molecule has 4 rings (SSSR count). The molecule has 11 heteroatoms.